The van der Waals surface area contributed by atoms with E-state index in [0.29, 0.717) is 12.3 Å². The van der Waals surface area contributed by atoms with Gasteiger partial charge in [0.05, 0.1) is 0 Å². The van der Waals surface area contributed by atoms with E-state index in [1.165, 1.54) is 56.9 Å². The standard InChI is InChI=1S/C26H42O4/c1-3-4-5-6-7-8-9-10-11-16-26(27)30-25-15-13-12-14-24(25)22-17-19-23(20-18-22)29-21-28-2/h17-20,24-25H,3-16,21H2,1-2H3/t24-,25+/m0/s1. The maximum absolute atomic E-state index is 12.4. The molecule has 2 rings (SSSR count). The minimum Gasteiger partial charge on any atom is -0.468 e. The zero-order valence-electron chi connectivity index (χ0n) is 19.2. The summed E-state index contributed by atoms with van der Waals surface area (Å²) in [7, 11) is 1.62. The monoisotopic (exact) mass is 418 g/mol. The number of esters is 1. The summed E-state index contributed by atoms with van der Waals surface area (Å²) >= 11 is 0. The van der Waals surface area contributed by atoms with Gasteiger partial charge in [0.15, 0.2) is 6.79 Å². The third kappa shape index (κ3) is 9.51. The van der Waals surface area contributed by atoms with Gasteiger partial charge in [-0.3, -0.25) is 4.79 Å². The lowest BCUT2D eigenvalue weighted by atomic mass is 9.81. The van der Waals surface area contributed by atoms with Crippen LogP contribution in [-0.2, 0) is 14.3 Å². The lowest BCUT2D eigenvalue weighted by molar-refractivity contribution is -0.151. The number of ether oxygens (including phenoxy) is 3. The SMILES string of the molecule is CCCCCCCCCCCC(=O)O[C@@H]1CCCC[C@H]1c1ccc(OCOC)cc1. The van der Waals surface area contributed by atoms with E-state index in [9.17, 15) is 4.79 Å². The normalized spacial score (nSPS) is 18.9. The molecular weight excluding hydrogens is 376 g/mol. The number of rotatable bonds is 15. The Labute approximate surface area is 183 Å². The third-order valence-corrected chi connectivity index (χ3v) is 6.12. The van der Waals surface area contributed by atoms with Crippen LogP contribution in [0.4, 0.5) is 0 Å². The zero-order chi connectivity index (χ0) is 21.4. The Balaban J connectivity index is 1.68. The average Bonchev–Trinajstić information content (AvgIpc) is 2.77. The summed E-state index contributed by atoms with van der Waals surface area (Å²) < 4.78 is 16.4. The Morgan fingerprint density at radius 2 is 1.53 bits per heavy atom. The van der Waals surface area contributed by atoms with E-state index in [4.69, 9.17) is 14.2 Å². The molecule has 0 N–H and O–H groups in total. The van der Waals surface area contributed by atoms with Crippen LogP contribution in [0.1, 0.15) is 108 Å². The van der Waals surface area contributed by atoms with Crippen LogP contribution in [0.2, 0.25) is 0 Å². The van der Waals surface area contributed by atoms with E-state index in [1.807, 2.05) is 12.1 Å². The smallest absolute Gasteiger partial charge is 0.306 e. The van der Waals surface area contributed by atoms with Gasteiger partial charge in [0.2, 0.25) is 0 Å². The fraction of sp³-hybridized carbons (Fsp3) is 0.731. The molecule has 170 valence electrons. The lowest BCUT2D eigenvalue weighted by Gasteiger charge is -2.31. The van der Waals surface area contributed by atoms with Crippen molar-refractivity contribution in [3.8, 4) is 5.75 Å². The summed E-state index contributed by atoms with van der Waals surface area (Å²) in [4.78, 5) is 12.4. The van der Waals surface area contributed by atoms with Crippen LogP contribution < -0.4 is 4.74 Å². The third-order valence-electron chi connectivity index (χ3n) is 6.12. The van der Waals surface area contributed by atoms with E-state index in [1.54, 1.807) is 7.11 Å². The predicted molar refractivity (Wildman–Crippen MR) is 122 cm³/mol. The van der Waals surface area contributed by atoms with E-state index in [0.717, 1.165) is 37.9 Å². The molecule has 1 aromatic rings. The topological polar surface area (TPSA) is 44.8 Å². The van der Waals surface area contributed by atoms with E-state index in [2.05, 4.69) is 19.1 Å². The van der Waals surface area contributed by atoms with Gasteiger partial charge in [0, 0.05) is 19.4 Å². The van der Waals surface area contributed by atoms with Crippen molar-refractivity contribution in [2.24, 2.45) is 0 Å². The van der Waals surface area contributed by atoms with Crippen molar-refractivity contribution in [2.75, 3.05) is 13.9 Å². The first-order chi connectivity index (χ1) is 14.7. The van der Waals surface area contributed by atoms with Crippen molar-refractivity contribution in [1.82, 2.24) is 0 Å². The van der Waals surface area contributed by atoms with Gasteiger partial charge in [-0.2, -0.15) is 0 Å². The quantitative estimate of drug-likeness (QED) is 0.172. The first-order valence-corrected chi connectivity index (χ1v) is 12.2. The molecule has 0 bridgehead atoms. The van der Waals surface area contributed by atoms with Crippen molar-refractivity contribution in [3.63, 3.8) is 0 Å². The summed E-state index contributed by atoms with van der Waals surface area (Å²) in [6, 6.07) is 8.15. The highest BCUT2D eigenvalue weighted by atomic mass is 16.7. The highest BCUT2D eigenvalue weighted by Gasteiger charge is 2.29. The van der Waals surface area contributed by atoms with Crippen molar-refractivity contribution in [2.45, 2.75) is 109 Å². The molecule has 2 atom stereocenters. The molecule has 1 aliphatic rings. The molecule has 1 aromatic carbocycles. The fourth-order valence-electron chi connectivity index (χ4n) is 4.37. The number of hydrogen-bond donors (Lipinski definition) is 0. The van der Waals surface area contributed by atoms with Crippen LogP contribution in [0.25, 0.3) is 0 Å². The van der Waals surface area contributed by atoms with Crippen LogP contribution in [0.15, 0.2) is 24.3 Å². The number of unbranched alkanes of at least 4 members (excludes halogenated alkanes) is 8. The predicted octanol–water partition coefficient (Wildman–Crippen LogP) is 7.16. The van der Waals surface area contributed by atoms with Gasteiger partial charge in [-0.1, -0.05) is 76.8 Å². The average molecular weight is 419 g/mol. The molecule has 0 unspecified atom stereocenters. The van der Waals surface area contributed by atoms with Crippen LogP contribution >= 0.6 is 0 Å². The first kappa shape index (κ1) is 24.7. The molecule has 30 heavy (non-hydrogen) atoms. The molecule has 4 nitrogen and oxygen atoms in total. The van der Waals surface area contributed by atoms with Gasteiger partial charge in [-0.15, -0.1) is 0 Å². The number of benzene rings is 1. The van der Waals surface area contributed by atoms with Gasteiger partial charge in [0.1, 0.15) is 11.9 Å². The summed E-state index contributed by atoms with van der Waals surface area (Å²) in [5.41, 5.74) is 1.24. The number of carbonyl (C=O) groups is 1. The number of methoxy groups -OCH3 is 1. The second-order valence-corrected chi connectivity index (χ2v) is 8.62. The summed E-state index contributed by atoms with van der Waals surface area (Å²) in [6.07, 6.45) is 16.3. The molecule has 0 aliphatic heterocycles. The van der Waals surface area contributed by atoms with Crippen LogP contribution in [0, 0.1) is 0 Å². The molecule has 1 aliphatic carbocycles. The Morgan fingerprint density at radius 3 is 2.20 bits per heavy atom. The van der Waals surface area contributed by atoms with Crippen molar-refractivity contribution in [3.05, 3.63) is 29.8 Å². The minimum absolute atomic E-state index is 0.00978. The van der Waals surface area contributed by atoms with Gasteiger partial charge >= 0.3 is 5.97 Å². The lowest BCUT2D eigenvalue weighted by Crippen LogP contribution is -2.28. The van der Waals surface area contributed by atoms with E-state index >= 15 is 0 Å². The van der Waals surface area contributed by atoms with Crippen molar-refractivity contribution < 1.29 is 19.0 Å². The summed E-state index contributed by atoms with van der Waals surface area (Å²) in [6.45, 7) is 2.51. The number of hydrogen-bond acceptors (Lipinski definition) is 4. The van der Waals surface area contributed by atoms with Gasteiger partial charge in [-0.25, -0.2) is 0 Å². The maximum Gasteiger partial charge on any atom is 0.306 e. The van der Waals surface area contributed by atoms with Crippen molar-refractivity contribution >= 4 is 5.97 Å². The number of carbonyl (C=O) groups excluding carboxylic acids is 1. The molecule has 1 saturated carbocycles. The van der Waals surface area contributed by atoms with Crippen LogP contribution in [-0.4, -0.2) is 26.0 Å². The van der Waals surface area contributed by atoms with Gasteiger partial charge in [-0.05, 0) is 43.4 Å². The molecule has 1 fully saturated rings. The highest BCUT2D eigenvalue weighted by molar-refractivity contribution is 5.69. The highest BCUT2D eigenvalue weighted by Crippen LogP contribution is 2.36. The minimum atomic E-state index is -0.0186. The molecule has 0 heterocycles. The molecule has 4 heteroatoms. The molecule has 0 saturated heterocycles. The molecule has 0 aromatic heterocycles. The zero-order valence-corrected chi connectivity index (χ0v) is 19.2. The Hall–Kier alpha value is -1.55. The van der Waals surface area contributed by atoms with E-state index in [-0.39, 0.29) is 18.9 Å². The van der Waals surface area contributed by atoms with Gasteiger partial charge in [0.25, 0.3) is 0 Å². The second kappa shape index (κ2) is 15.3. The van der Waals surface area contributed by atoms with Crippen LogP contribution in [0.5, 0.6) is 5.75 Å². The largest absolute Gasteiger partial charge is 0.468 e. The van der Waals surface area contributed by atoms with Crippen molar-refractivity contribution in [1.29, 1.82) is 0 Å². The van der Waals surface area contributed by atoms with E-state index < -0.39 is 0 Å². The first-order valence-electron chi connectivity index (χ1n) is 12.2. The Kier molecular flexibility index (Phi) is 12.6. The van der Waals surface area contributed by atoms with Crippen LogP contribution in [0.3, 0.4) is 0 Å². The Bertz CT molecular complexity index is 569. The Morgan fingerprint density at radius 1 is 0.900 bits per heavy atom. The second-order valence-electron chi connectivity index (χ2n) is 8.62. The molecule has 0 radical (unpaired) electrons. The van der Waals surface area contributed by atoms with Gasteiger partial charge < -0.3 is 14.2 Å². The summed E-state index contributed by atoms with van der Waals surface area (Å²) in [5, 5.41) is 0. The fourth-order valence-corrected chi connectivity index (χ4v) is 4.37. The maximum atomic E-state index is 12.4. The summed E-state index contributed by atoms with van der Waals surface area (Å²) in [5.74, 6) is 1.08. The molecule has 0 amide bonds. The molecular formula is C26H42O4. The molecule has 0 spiro atoms.